The molecular formula is C32H23N3O6. The molecule has 41 heavy (non-hydrogen) atoms. The summed E-state index contributed by atoms with van der Waals surface area (Å²) in [6.07, 6.45) is 0. The Morgan fingerprint density at radius 1 is 0.780 bits per heavy atom. The van der Waals surface area contributed by atoms with Crippen LogP contribution in [0.4, 0.5) is 11.4 Å². The molecule has 9 nitrogen and oxygen atoms in total. The number of nitrogens with zero attached hydrogens (tertiary/aromatic N) is 3. The molecule has 7 rings (SSSR count). The second-order valence-electron chi connectivity index (χ2n) is 9.85. The van der Waals surface area contributed by atoms with Gasteiger partial charge in [0.15, 0.2) is 5.58 Å². The first-order valence-electron chi connectivity index (χ1n) is 13.2. The molecule has 0 saturated carbocycles. The number of carbonyl (C=O) groups is 3. The Hall–Kier alpha value is -5.28. The molecule has 1 aromatic heterocycles. The van der Waals surface area contributed by atoms with Crippen molar-refractivity contribution >= 4 is 40.3 Å². The highest BCUT2D eigenvalue weighted by Gasteiger charge is 2.40. The van der Waals surface area contributed by atoms with E-state index in [1.807, 2.05) is 54.6 Å². The number of morpholine rings is 1. The predicted molar refractivity (Wildman–Crippen MR) is 152 cm³/mol. The molecule has 0 atom stereocenters. The van der Waals surface area contributed by atoms with Crippen LogP contribution < -0.4 is 9.80 Å². The minimum Gasteiger partial charge on any atom is -0.478 e. The Bertz CT molecular complexity index is 1860. The molecule has 0 radical (unpaired) electrons. The number of anilines is 2. The van der Waals surface area contributed by atoms with Crippen LogP contribution in [0.2, 0.25) is 0 Å². The molecule has 0 aliphatic carbocycles. The summed E-state index contributed by atoms with van der Waals surface area (Å²) in [4.78, 5) is 46.7. The second kappa shape index (κ2) is 9.72. The van der Waals surface area contributed by atoms with Gasteiger partial charge in [0, 0.05) is 13.1 Å². The second-order valence-corrected chi connectivity index (χ2v) is 9.85. The maximum absolute atomic E-state index is 13.6. The number of ether oxygens (including phenoxy) is 1. The van der Waals surface area contributed by atoms with Crippen LogP contribution in [0.1, 0.15) is 31.1 Å². The van der Waals surface area contributed by atoms with Gasteiger partial charge in [-0.3, -0.25) is 9.59 Å². The molecule has 0 unspecified atom stereocenters. The third-order valence-corrected chi connectivity index (χ3v) is 7.44. The number of amides is 2. The van der Waals surface area contributed by atoms with E-state index in [-0.39, 0.29) is 16.7 Å². The number of hydrogen-bond acceptors (Lipinski definition) is 7. The first kappa shape index (κ1) is 24.7. The van der Waals surface area contributed by atoms with Gasteiger partial charge in [-0.25, -0.2) is 14.7 Å². The third kappa shape index (κ3) is 4.14. The summed E-state index contributed by atoms with van der Waals surface area (Å²) >= 11 is 0. The van der Waals surface area contributed by atoms with Crippen LogP contribution in [0.3, 0.4) is 0 Å². The monoisotopic (exact) mass is 545 g/mol. The summed E-state index contributed by atoms with van der Waals surface area (Å²) in [5.41, 5.74) is 5.15. The molecule has 1 N–H and O–H groups in total. The average Bonchev–Trinajstić information content (AvgIpc) is 3.55. The lowest BCUT2D eigenvalue weighted by Gasteiger charge is -2.33. The van der Waals surface area contributed by atoms with Gasteiger partial charge < -0.3 is 19.2 Å². The number of aromatic nitrogens is 1. The zero-order valence-corrected chi connectivity index (χ0v) is 21.7. The van der Waals surface area contributed by atoms with E-state index in [1.54, 1.807) is 12.1 Å². The molecular weight excluding hydrogens is 522 g/mol. The van der Waals surface area contributed by atoms with Crippen LogP contribution in [-0.4, -0.2) is 54.2 Å². The van der Waals surface area contributed by atoms with E-state index >= 15 is 0 Å². The minimum atomic E-state index is -1.17. The van der Waals surface area contributed by atoms with Crippen LogP contribution in [0.15, 0.2) is 89.3 Å². The van der Waals surface area contributed by atoms with Crippen molar-refractivity contribution in [2.24, 2.45) is 0 Å². The number of carboxylic acid groups (broad SMARTS) is 1. The number of carboxylic acids is 1. The highest BCUT2D eigenvalue weighted by molar-refractivity contribution is 6.35. The summed E-state index contributed by atoms with van der Waals surface area (Å²) in [7, 11) is 0. The molecule has 0 spiro atoms. The first-order valence-corrected chi connectivity index (χ1v) is 13.2. The van der Waals surface area contributed by atoms with Gasteiger partial charge in [-0.1, -0.05) is 42.5 Å². The summed E-state index contributed by atoms with van der Waals surface area (Å²) in [6.45, 7) is 2.03. The fourth-order valence-corrected chi connectivity index (χ4v) is 5.45. The number of hydrogen-bond donors (Lipinski definition) is 1. The van der Waals surface area contributed by atoms with Gasteiger partial charge >= 0.3 is 5.97 Å². The van der Waals surface area contributed by atoms with E-state index in [9.17, 15) is 19.5 Å². The fourth-order valence-electron chi connectivity index (χ4n) is 5.45. The minimum absolute atomic E-state index is 0.0588. The van der Waals surface area contributed by atoms with Crippen LogP contribution in [0, 0.1) is 0 Å². The van der Waals surface area contributed by atoms with E-state index in [0.717, 1.165) is 16.0 Å². The lowest BCUT2D eigenvalue weighted by molar-refractivity contribution is 0.0696. The van der Waals surface area contributed by atoms with Crippen molar-refractivity contribution in [1.29, 1.82) is 0 Å². The number of benzene rings is 4. The van der Waals surface area contributed by atoms with Gasteiger partial charge in [0.2, 0.25) is 5.89 Å². The topological polar surface area (TPSA) is 113 Å². The summed E-state index contributed by atoms with van der Waals surface area (Å²) in [5.74, 6) is -1.91. The molecule has 1 saturated heterocycles. The number of aromatic carboxylic acids is 1. The zero-order chi connectivity index (χ0) is 28.1. The van der Waals surface area contributed by atoms with Crippen LogP contribution in [-0.2, 0) is 4.74 Å². The molecule has 4 aromatic carbocycles. The van der Waals surface area contributed by atoms with Gasteiger partial charge in [0.25, 0.3) is 11.8 Å². The highest BCUT2D eigenvalue weighted by Crippen LogP contribution is 2.43. The number of oxazole rings is 1. The number of rotatable bonds is 5. The molecule has 2 amide bonds. The van der Waals surface area contributed by atoms with E-state index in [2.05, 4.69) is 4.90 Å². The van der Waals surface area contributed by atoms with Gasteiger partial charge in [-0.15, -0.1) is 0 Å². The van der Waals surface area contributed by atoms with E-state index in [1.165, 1.54) is 18.2 Å². The Labute approximate surface area is 234 Å². The smallest absolute Gasteiger partial charge is 0.335 e. The van der Waals surface area contributed by atoms with Crippen molar-refractivity contribution in [3.8, 4) is 22.6 Å². The van der Waals surface area contributed by atoms with Crippen LogP contribution >= 0.6 is 0 Å². The Morgan fingerprint density at radius 3 is 2.34 bits per heavy atom. The molecule has 202 valence electrons. The van der Waals surface area contributed by atoms with Crippen molar-refractivity contribution < 1.29 is 28.6 Å². The fraction of sp³-hybridized carbons (Fsp3) is 0.125. The number of carbonyl (C=O) groups excluding carboxylic acids is 2. The molecule has 2 aliphatic rings. The van der Waals surface area contributed by atoms with Crippen molar-refractivity contribution in [3.63, 3.8) is 0 Å². The van der Waals surface area contributed by atoms with Crippen molar-refractivity contribution in [3.05, 3.63) is 102 Å². The summed E-state index contributed by atoms with van der Waals surface area (Å²) in [5, 5.41) is 9.42. The molecule has 3 heterocycles. The van der Waals surface area contributed by atoms with Crippen molar-refractivity contribution in [2.45, 2.75) is 0 Å². The van der Waals surface area contributed by atoms with Crippen molar-refractivity contribution in [2.75, 3.05) is 36.1 Å². The van der Waals surface area contributed by atoms with Gasteiger partial charge in [0.1, 0.15) is 5.52 Å². The third-order valence-electron chi connectivity index (χ3n) is 7.44. The van der Waals surface area contributed by atoms with Crippen LogP contribution in [0.25, 0.3) is 33.7 Å². The predicted octanol–water partition coefficient (Wildman–Crippen LogP) is 5.50. The van der Waals surface area contributed by atoms with Gasteiger partial charge in [-0.2, -0.15) is 0 Å². The Morgan fingerprint density at radius 2 is 1.56 bits per heavy atom. The zero-order valence-electron chi connectivity index (χ0n) is 21.7. The number of para-hydroxylation sites is 1. The number of fused-ring (bicyclic) bond motifs is 2. The normalized spacial score (nSPS) is 15.0. The average molecular weight is 546 g/mol. The molecule has 0 bridgehead atoms. The molecule has 1 fully saturated rings. The maximum atomic E-state index is 13.6. The molecule has 2 aliphatic heterocycles. The van der Waals surface area contributed by atoms with Gasteiger partial charge in [-0.05, 0) is 53.6 Å². The Balaban J connectivity index is 1.36. The highest BCUT2D eigenvalue weighted by atomic mass is 16.5. The lowest BCUT2D eigenvalue weighted by Crippen LogP contribution is -2.39. The number of imide groups is 1. The van der Waals surface area contributed by atoms with E-state index in [4.69, 9.17) is 14.1 Å². The largest absolute Gasteiger partial charge is 0.478 e. The lowest BCUT2D eigenvalue weighted by atomic mass is 10.1. The van der Waals surface area contributed by atoms with E-state index < -0.39 is 17.8 Å². The first-order chi connectivity index (χ1) is 20.0. The van der Waals surface area contributed by atoms with Crippen LogP contribution in [0.5, 0.6) is 0 Å². The standard InChI is InChI=1S/C32H23N3O6/c36-30-22-11-9-21(32(38)39)17-24(22)31(37)35(30)26-8-4-7-23(28(26)34-13-15-40-16-14-34)29-33-25-18-20(10-12-27(25)41-29)19-5-2-1-3-6-19/h1-12,17-18H,13-16H2,(H,38,39). The SMILES string of the molecule is O=C(O)c1ccc2c(c1)C(=O)N(c1cccc(-c3nc4cc(-c5ccccc5)ccc4o3)c1N1CCOCC1)C2=O. The van der Waals surface area contributed by atoms with Crippen molar-refractivity contribution in [1.82, 2.24) is 4.98 Å². The maximum Gasteiger partial charge on any atom is 0.335 e. The Kier molecular flexibility index (Phi) is 5.87. The van der Waals surface area contributed by atoms with E-state index in [0.29, 0.717) is 60.2 Å². The molecule has 9 heteroatoms. The molecule has 5 aromatic rings. The van der Waals surface area contributed by atoms with Gasteiger partial charge in [0.05, 0.1) is 46.8 Å². The summed E-state index contributed by atoms with van der Waals surface area (Å²) < 4.78 is 11.8. The quantitative estimate of drug-likeness (QED) is 0.288. The summed E-state index contributed by atoms with van der Waals surface area (Å²) in [6, 6.07) is 25.1.